The van der Waals surface area contributed by atoms with Crippen LogP contribution in [0.1, 0.15) is 24.3 Å². The van der Waals surface area contributed by atoms with Crippen LogP contribution in [0.3, 0.4) is 0 Å². The Bertz CT molecular complexity index is 485. The summed E-state index contributed by atoms with van der Waals surface area (Å²) >= 11 is 0. The number of rotatable bonds is 4. The molecule has 1 aromatic heterocycles. The zero-order valence-corrected chi connectivity index (χ0v) is 9.30. The number of nitro groups is 1. The van der Waals surface area contributed by atoms with Gasteiger partial charge in [-0.3, -0.25) is 4.79 Å². The lowest BCUT2D eigenvalue weighted by Gasteiger charge is -1.95. The molecular weight excluding hydrogens is 226 g/mol. The maximum absolute atomic E-state index is 11.4. The summed E-state index contributed by atoms with van der Waals surface area (Å²) in [6, 6.07) is 0. The van der Waals surface area contributed by atoms with Gasteiger partial charge in [0.2, 0.25) is 5.69 Å². The number of nitrogens with one attached hydrogen (secondary N) is 2. The number of carbonyl (C=O) groups excluding carboxylic acids is 1. The van der Waals surface area contributed by atoms with Crippen molar-refractivity contribution < 1.29 is 9.72 Å². The molecule has 17 heavy (non-hydrogen) atoms. The summed E-state index contributed by atoms with van der Waals surface area (Å²) < 4.78 is 0. The van der Waals surface area contributed by atoms with E-state index in [1.165, 1.54) is 6.21 Å². The maximum Gasteiger partial charge on any atom is 0.353 e. The van der Waals surface area contributed by atoms with Gasteiger partial charge in [-0.1, -0.05) is 5.57 Å². The Hall–Kier alpha value is -2.51. The summed E-state index contributed by atoms with van der Waals surface area (Å²) in [6.45, 7) is 3.73. The van der Waals surface area contributed by atoms with Crippen molar-refractivity contribution in [2.24, 2.45) is 5.10 Å². The lowest BCUT2D eigenvalue weighted by molar-refractivity contribution is -0.389. The Balaban J connectivity index is 2.71. The van der Waals surface area contributed by atoms with Crippen LogP contribution >= 0.6 is 0 Å². The minimum Gasteiger partial charge on any atom is -0.358 e. The van der Waals surface area contributed by atoms with Gasteiger partial charge < -0.3 is 10.1 Å². The molecule has 0 aliphatic rings. The van der Waals surface area contributed by atoms with E-state index < -0.39 is 16.6 Å². The zero-order chi connectivity index (χ0) is 12.8. The molecule has 0 radical (unpaired) electrons. The van der Waals surface area contributed by atoms with Crippen LogP contribution in [-0.2, 0) is 0 Å². The zero-order valence-electron chi connectivity index (χ0n) is 9.30. The first kappa shape index (κ1) is 12.6. The fourth-order valence-electron chi connectivity index (χ4n) is 0.928. The molecule has 2 N–H and O–H groups in total. The number of allylic oxidation sites excluding steroid dienone is 2. The largest absolute Gasteiger partial charge is 0.358 e. The second-order valence-electron chi connectivity index (χ2n) is 3.32. The van der Waals surface area contributed by atoms with Crippen molar-refractivity contribution in [2.45, 2.75) is 13.8 Å². The number of hydrazone groups is 1. The van der Waals surface area contributed by atoms with E-state index in [0.717, 1.165) is 11.9 Å². The Morgan fingerprint density at radius 2 is 2.35 bits per heavy atom. The monoisotopic (exact) mass is 237 g/mol. The predicted molar refractivity (Wildman–Crippen MR) is 60.6 cm³/mol. The van der Waals surface area contributed by atoms with Crippen molar-refractivity contribution >= 4 is 17.9 Å². The molecule has 1 rings (SSSR count). The molecule has 90 valence electrons. The van der Waals surface area contributed by atoms with Gasteiger partial charge in [0.25, 0.3) is 5.91 Å². The molecule has 0 spiro atoms. The number of aromatic amines is 1. The quantitative estimate of drug-likeness (QED) is 0.462. The normalized spacial score (nSPS) is 10.2. The molecular formula is C9H11N5O3. The van der Waals surface area contributed by atoms with E-state index >= 15 is 0 Å². The first-order valence-corrected chi connectivity index (χ1v) is 4.67. The Morgan fingerprint density at radius 1 is 1.65 bits per heavy atom. The highest BCUT2D eigenvalue weighted by atomic mass is 16.6. The van der Waals surface area contributed by atoms with Crippen LogP contribution in [0.4, 0.5) is 5.82 Å². The van der Waals surface area contributed by atoms with Gasteiger partial charge in [0.05, 0.1) is 0 Å². The minimum absolute atomic E-state index is 0.302. The van der Waals surface area contributed by atoms with E-state index in [-0.39, 0.29) is 5.69 Å². The van der Waals surface area contributed by atoms with E-state index in [1.807, 2.05) is 13.8 Å². The Morgan fingerprint density at radius 3 is 2.94 bits per heavy atom. The van der Waals surface area contributed by atoms with Crippen LogP contribution in [0.15, 0.2) is 23.1 Å². The molecule has 0 aliphatic heterocycles. The molecule has 0 unspecified atom stereocenters. The Kier molecular flexibility index (Phi) is 4.09. The van der Waals surface area contributed by atoms with Crippen LogP contribution < -0.4 is 5.43 Å². The summed E-state index contributed by atoms with van der Waals surface area (Å²) in [5.41, 5.74) is 2.84. The van der Waals surface area contributed by atoms with Crippen molar-refractivity contribution in [3.05, 3.63) is 33.8 Å². The van der Waals surface area contributed by atoms with Crippen molar-refractivity contribution in [3.63, 3.8) is 0 Å². The first-order valence-electron chi connectivity index (χ1n) is 4.67. The average molecular weight is 237 g/mol. The standard InChI is InChI=1S/C9H11N5O3/c1-6(2)3-4-12-13-9(15)7-8(14(16)17)11-5-10-7/h3-5H,1-2H3,(H,10,11)(H,13,15). The highest BCUT2D eigenvalue weighted by molar-refractivity contribution is 5.95. The molecule has 8 heteroatoms. The number of H-pyrrole nitrogens is 1. The van der Waals surface area contributed by atoms with Crippen molar-refractivity contribution in [1.29, 1.82) is 0 Å². The highest BCUT2D eigenvalue weighted by Gasteiger charge is 2.21. The van der Waals surface area contributed by atoms with Gasteiger partial charge in [-0.15, -0.1) is 0 Å². The lowest BCUT2D eigenvalue weighted by Crippen LogP contribution is -2.19. The second-order valence-corrected chi connectivity index (χ2v) is 3.32. The van der Waals surface area contributed by atoms with Crippen molar-refractivity contribution in [3.8, 4) is 0 Å². The SMILES string of the molecule is CC(C)=CC=NNC(=O)c1nc[nH]c1[N+](=O)[O-]. The lowest BCUT2D eigenvalue weighted by atomic mass is 10.3. The van der Waals surface area contributed by atoms with Crippen LogP contribution in [0.25, 0.3) is 0 Å². The molecule has 0 saturated carbocycles. The average Bonchev–Trinajstić information content (AvgIpc) is 2.72. The summed E-state index contributed by atoms with van der Waals surface area (Å²) in [7, 11) is 0. The number of nitrogens with zero attached hydrogens (tertiary/aromatic N) is 3. The third kappa shape index (κ3) is 3.52. The molecule has 8 nitrogen and oxygen atoms in total. The van der Waals surface area contributed by atoms with Crippen molar-refractivity contribution in [1.82, 2.24) is 15.4 Å². The fourth-order valence-corrected chi connectivity index (χ4v) is 0.928. The molecule has 0 bridgehead atoms. The number of carbonyl (C=O) groups is 1. The Labute approximate surface area is 96.6 Å². The highest BCUT2D eigenvalue weighted by Crippen LogP contribution is 2.11. The van der Waals surface area contributed by atoms with Gasteiger partial charge in [0, 0.05) is 6.21 Å². The topological polar surface area (TPSA) is 113 Å². The van der Waals surface area contributed by atoms with E-state index in [4.69, 9.17) is 0 Å². The number of amides is 1. The van der Waals surface area contributed by atoms with E-state index in [1.54, 1.807) is 6.08 Å². The van der Waals surface area contributed by atoms with Gasteiger partial charge in [0.15, 0.2) is 6.33 Å². The molecule has 0 atom stereocenters. The molecule has 0 aliphatic carbocycles. The van der Waals surface area contributed by atoms with Gasteiger partial charge in [0.1, 0.15) is 0 Å². The molecule has 1 aromatic rings. The molecule has 0 saturated heterocycles. The van der Waals surface area contributed by atoms with Crippen LogP contribution in [0.5, 0.6) is 0 Å². The minimum atomic E-state index is -0.739. The van der Waals surface area contributed by atoms with E-state index in [9.17, 15) is 14.9 Å². The van der Waals surface area contributed by atoms with Gasteiger partial charge in [-0.2, -0.15) is 5.10 Å². The van der Waals surface area contributed by atoms with Crippen LogP contribution in [0, 0.1) is 10.1 Å². The summed E-state index contributed by atoms with van der Waals surface area (Å²) in [4.78, 5) is 27.0. The van der Waals surface area contributed by atoms with Crippen LogP contribution in [0.2, 0.25) is 0 Å². The number of aromatic nitrogens is 2. The third-order valence-corrected chi connectivity index (χ3v) is 1.67. The number of imidazole rings is 1. The van der Waals surface area contributed by atoms with Crippen molar-refractivity contribution in [2.75, 3.05) is 0 Å². The third-order valence-electron chi connectivity index (χ3n) is 1.67. The summed E-state index contributed by atoms with van der Waals surface area (Å²) in [5.74, 6) is -1.20. The van der Waals surface area contributed by atoms with Gasteiger partial charge in [-0.05, 0) is 24.8 Å². The number of hydrogen-bond acceptors (Lipinski definition) is 5. The maximum atomic E-state index is 11.4. The van der Waals surface area contributed by atoms with Crippen LogP contribution in [-0.4, -0.2) is 27.0 Å². The molecule has 0 fully saturated rings. The van der Waals surface area contributed by atoms with Gasteiger partial charge >= 0.3 is 5.82 Å². The summed E-state index contributed by atoms with van der Waals surface area (Å²) in [5, 5.41) is 14.1. The number of hydrogen-bond donors (Lipinski definition) is 2. The smallest absolute Gasteiger partial charge is 0.353 e. The fraction of sp³-hybridized carbons (Fsp3) is 0.222. The molecule has 0 aromatic carbocycles. The van der Waals surface area contributed by atoms with E-state index in [2.05, 4.69) is 20.5 Å². The van der Waals surface area contributed by atoms with Gasteiger partial charge in [-0.25, -0.2) is 15.4 Å². The second kappa shape index (κ2) is 5.54. The van der Waals surface area contributed by atoms with E-state index in [0.29, 0.717) is 0 Å². The molecule has 1 amide bonds. The summed E-state index contributed by atoms with van der Waals surface area (Å²) in [6.07, 6.45) is 4.14. The first-order chi connectivity index (χ1) is 8.02. The molecule has 1 heterocycles. The predicted octanol–water partition coefficient (Wildman–Crippen LogP) is 1.000.